The highest BCUT2D eigenvalue weighted by molar-refractivity contribution is 5.68. The SMILES string of the molecule is CCCc1nc(N)nc(N)c1N1CCC(c2ccccc2)CC1. The lowest BCUT2D eigenvalue weighted by molar-refractivity contribution is 0.504. The molecule has 23 heavy (non-hydrogen) atoms. The predicted octanol–water partition coefficient (Wildman–Crippen LogP) is 2.98. The second-order valence-corrected chi connectivity index (χ2v) is 6.18. The van der Waals surface area contributed by atoms with Crippen molar-refractivity contribution in [1.29, 1.82) is 0 Å². The zero-order valence-electron chi connectivity index (χ0n) is 13.7. The number of anilines is 3. The first-order chi connectivity index (χ1) is 11.2. The van der Waals surface area contributed by atoms with Gasteiger partial charge in [-0.15, -0.1) is 0 Å². The predicted molar refractivity (Wildman–Crippen MR) is 95.5 cm³/mol. The molecule has 5 nitrogen and oxygen atoms in total. The highest BCUT2D eigenvalue weighted by atomic mass is 15.2. The van der Waals surface area contributed by atoms with Crippen molar-refractivity contribution in [1.82, 2.24) is 9.97 Å². The van der Waals surface area contributed by atoms with Crippen LogP contribution in [0.1, 0.15) is 43.4 Å². The highest BCUT2D eigenvalue weighted by Gasteiger charge is 2.24. The Morgan fingerprint density at radius 2 is 1.78 bits per heavy atom. The topological polar surface area (TPSA) is 81.1 Å². The molecule has 1 aromatic heterocycles. The summed E-state index contributed by atoms with van der Waals surface area (Å²) in [6, 6.07) is 10.8. The van der Waals surface area contributed by atoms with E-state index in [-0.39, 0.29) is 5.95 Å². The van der Waals surface area contributed by atoms with E-state index >= 15 is 0 Å². The van der Waals surface area contributed by atoms with Gasteiger partial charge in [-0.05, 0) is 30.7 Å². The van der Waals surface area contributed by atoms with Crippen LogP contribution in [0.4, 0.5) is 17.5 Å². The van der Waals surface area contributed by atoms with Crippen LogP contribution in [-0.4, -0.2) is 23.1 Å². The van der Waals surface area contributed by atoms with E-state index in [9.17, 15) is 0 Å². The molecule has 1 aliphatic heterocycles. The van der Waals surface area contributed by atoms with Gasteiger partial charge in [-0.3, -0.25) is 0 Å². The molecule has 0 aliphatic carbocycles. The lowest BCUT2D eigenvalue weighted by Gasteiger charge is -2.35. The van der Waals surface area contributed by atoms with Crippen LogP contribution < -0.4 is 16.4 Å². The van der Waals surface area contributed by atoms with Crippen molar-refractivity contribution in [3.05, 3.63) is 41.6 Å². The Morgan fingerprint density at radius 1 is 1.09 bits per heavy atom. The van der Waals surface area contributed by atoms with Gasteiger partial charge in [-0.25, -0.2) is 4.98 Å². The number of hydrogen-bond acceptors (Lipinski definition) is 5. The van der Waals surface area contributed by atoms with Gasteiger partial charge >= 0.3 is 0 Å². The molecular formula is C18H25N5. The number of piperidine rings is 1. The summed E-state index contributed by atoms with van der Waals surface area (Å²) < 4.78 is 0. The van der Waals surface area contributed by atoms with E-state index in [1.165, 1.54) is 5.56 Å². The first-order valence-corrected chi connectivity index (χ1v) is 8.40. The van der Waals surface area contributed by atoms with Crippen molar-refractivity contribution in [2.75, 3.05) is 29.5 Å². The molecular weight excluding hydrogens is 286 g/mol. The number of aryl methyl sites for hydroxylation is 1. The van der Waals surface area contributed by atoms with Crippen molar-refractivity contribution < 1.29 is 0 Å². The Kier molecular flexibility index (Phi) is 4.65. The first-order valence-electron chi connectivity index (χ1n) is 8.40. The second kappa shape index (κ2) is 6.86. The third-order valence-corrected chi connectivity index (χ3v) is 4.57. The van der Waals surface area contributed by atoms with Crippen LogP contribution in [-0.2, 0) is 6.42 Å². The molecule has 1 aromatic carbocycles. The lowest BCUT2D eigenvalue weighted by Crippen LogP contribution is -2.34. The summed E-state index contributed by atoms with van der Waals surface area (Å²) in [4.78, 5) is 10.9. The summed E-state index contributed by atoms with van der Waals surface area (Å²) in [6.45, 7) is 4.10. The van der Waals surface area contributed by atoms with E-state index in [1.54, 1.807) is 0 Å². The van der Waals surface area contributed by atoms with E-state index < -0.39 is 0 Å². The number of nitrogens with zero attached hydrogens (tertiary/aromatic N) is 3. The fourth-order valence-corrected chi connectivity index (χ4v) is 3.46. The standard InChI is InChI=1S/C18H25N5/c1-2-6-15-16(17(19)22-18(20)21-15)23-11-9-14(10-12-23)13-7-4-3-5-8-13/h3-5,7-8,14H,2,6,9-12H2,1H3,(H4,19,20,21,22). The molecule has 1 aliphatic rings. The summed E-state index contributed by atoms with van der Waals surface area (Å²) in [7, 11) is 0. The number of nitrogens with two attached hydrogens (primary N) is 2. The van der Waals surface area contributed by atoms with Gasteiger partial charge in [0, 0.05) is 13.1 Å². The molecule has 5 heteroatoms. The van der Waals surface area contributed by atoms with Gasteiger partial charge in [0.1, 0.15) is 5.69 Å². The van der Waals surface area contributed by atoms with E-state index in [4.69, 9.17) is 11.5 Å². The normalized spacial score (nSPS) is 15.8. The second-order valence-electron chi connectivity index (χ2n) is 6.18. The minimum Gasteiger partial charge on any atom is -0.382 e. The minimum atomic E-state index is 0.272. The smallest absolute Gasteiger partial charge is 0.222 e. The fourth-order valence-electron chi connectivity index (χ4n) is 3.46. The molecule has 122 valence electrons. The molecule has 0 atom stereocenters. The Morgan fingerprint density at radius 3 is 2.43 bits per heavy atom. The third kappa shape index (κ3) is 3.38. The molecule has 0 radical (unpaired) electrons. The van der Waals surface area contributed by atoms with Crippen LogP contribution in [0, 0.1) is 0 Å². The highest BCUT2D eigenvalue weighted by Crippen LogP contribution is 2.34. The van der Waals surface area contributed by atoms with Crippen molar-refractivity contribution >= 4 is 17.5 Å². The third-order valence-electron chi connectivity index (χ3n) is 4.57. The maximum absolute atomic E-state index is 6.16. The van der Waals surface area contributed by atoms with Crippen LogP contribution in [0.3, 0.4) is 0 Å². The summed E-state index contributed by atoms with van der Waals surface area (Å²) in [5.41, 5.74) is 15.3. The minimum absolute atomic E-state index is 0.272. The van der Waals surface area contributed by atoms with Crippen molar-refractivity contribution in [3.8, 4) is 0 Å². The van der Waals surface area contributed by atoms with E-state index in [0.717, 1.165) is 50.2 Å². The summed E-state index contributed by atoms with van der Waals surface area (Å²) in [5.74, 6) is 1.41. The van der Waals surface area contributed by atoms with Crippen LogP contribution in [0.25, 0.3) is 0 Å². The molecule has 4 N–H and O–H groups in total. The van der Waals surface area contributed by atoms with Gasteiger partial charge in [0.2, 0.25) is 5.95 Å². The molecule has 1 saturated heterocycles. The summed E-state index contributed by atoms with van der Waals surface area (Å²) in [5, 5.41) is 0. The zero-order chi connectivity index (χ0) is 16.2. The largest absolute Gasteiger partial charge is 0.382 e. The molecule has 0 spiro atoms. The molecule has 0 amide bonds. The molecule has 0 saturated carbocycles. The van der Waals surface area contributed by atoms with Crippen molar-refractivity contribution in [2.24, 2.45) is 0 Å². The molecule has 3 rings (SSSR count). The van der Waals surface area contributed by atoms with Crippen LogP contribution in [0.2, 0.25) is 0 Å². The van der Waals surface area contributed by atoms with Gasteiger partial charge in [0.15, 0.2) is 5.82 Å². The maximum atomic E-state index is 6.16. The van der Waals surface area contributed by atoms with Gasteiger partial charge in [0.25, 0.3) is 0 Å². The van der Waals surface area contributed by atoms with Crippen LogP contribution >= 0.6 is 0 Å². The number of aromatic nitrogens is 2. The maximum Gasteiger partial charge on any atom is 0.222 e. The van der Waals surface area contributed by atoms with E-state index in [1.807, 2.05) is 0 Å². The Labute approximate surface area is 137 Å². The van der Waals surface area contributed by atoms with Gasteiger partial charge in [-0.1, -0.05) is 43.7 Å². The molecule has 2 heterocycles. The van der Waals surface area contributed by atoms with Crippen molar-refractivity contribution in [3.63, 3.8) is 0 Å². The quantitative estimate of drug-likeness (QED) is 0.907. The van der Waals surface area contributed by atoms with Gasteiger partial charge < -0.3 is 16.4 Å². The zero-order valence-corrected chi connectivity index (χ0v) is 13.7. The number of rotatable bonds is 4. The van der Waals surface area contributed by atoms with Crippen LogP contribution in [0.5, 0.6) is 0 Å². The lowest BCUT2D eigenvalue weighted by atomic mass is 9.89. The van der Waals surface area contributed by atoms with Gasteiger partial charge in [0.05, 0.1) is 5.69 Å². The molecule has 1 fully saturated rings. The van der Waals surface area contributed by atoms with Crippen LogP contribution in [0.15, 0.2) is 30.3 Å². The average Bonchev–Trinajstić information content (AvgIpc) is 2.56. The number of benzene rings is 1. The number of nitrogen functional groups attached to an aromatic ring is 2. The monoisotopic (exact) mass is 311 g/mol. The summed E-state index contributed by atoms with van der Waals surface area (Å²) in [6.07, 6.45) is 4.15. The molecule has 0 unspecified atom stereocenters. The van der Waals surface area contributed by atoms with E-state index in [0.29, 0.717) is 11.7 Å². The average molecular weight is 311 g/mol. The van der Waals surface area contributed by atoms with Crippen molar-refractivity contribution in [2.45, 2.75) is 38.5 Å². The molecule has 0 bridgehead atoms. The number of hydrogen-bond donors (Lipinski definition) is 2. The van der Waals surface area contributed by atoms with Gasteiger partial charge in [-0.2, -0.15) is 4.98 Å². The fraction of sp³-hybridized carbons (Fsp3) is 0.444. The Hall–Kier alpha value is -2.30. The summed E-state index contributed by atoms with van der Waals surface area (Å²) >= 11 is 0. The Bertz CT molecular complexity index is 648. The Balaban J connectivity index is 1.77. The molecule has 2 aromatic rings. The van der Waals surface area contributed by atoms with E-state index in [2.05, 4.69) is 52.1 Å². The first kappa shape index (κ1) is 15.6.